The van der Waals surface area contributed by atoms with Crippen LogP contribution in [0.3, 0.4) is 0 Å². The van der Waals surface area contributed by atoms with Crippen LogP contribution in [0.25, 0.3) is 0 Å². The molecule has 1 fully saturated rings. The quantitative estimate of drug-likeness (QED) is 0.619. The predicted molar refractivity (Wildman–Crippen MR) is 67.7 cm³/mol. The van der Waals surface area contributed by atoms with E-state index in [2.05, 4.69) is 4.99 Å². The fourth-order valence-electron chi connectivity index (χ4n) is 2.06. The maximum atomic E-state index is 11.8. The average Bonchev–Trinajstić information content (AvgIpc) is 2.91. The number of benzene rings is 1. The molecule has 5 heteroatoms. The third-order valence-electron chi connectivity index (χ3n) is 3.21. The highest BCUT2D eigenvalue weighted by molar-refractivity contribution is 6.30. The number of nitrogens with zero attached hydrogens (tertiary/aromatic N) is 1. The van der Waals surface area contributed by atoms with E-state index in [9.17, 15) is 4.79 Å². The summed E-state index contributed by atoms with van der Waals surface area (Å²) in [6.07, 6.45) is 0.753. The van der Waals surface area contributed by atoms with Crippen LogP contribution in [0.4, 0.5) is 0 Å². The molecule has 0 heterocycles. The summed E-state index contributed by atoms with van der Waals surface area (Å²) in [6, 6.07) is 7.52. The van der Waals surface area contributed by atoms with Crippen LogP contribution in [0.15, 0.2) is 29.3 Å². The normalized spacial score (nSPS) is 26.4. The van der Waals surface area contributed by atoms with Gasteiger partial charge in [-0.3, -0.25) is 4.79 Å². The van der Waals surface area contributed by atoms with E-state index < -0.39 is 5.41 Å². The Balaban J connectivity index is 2.19. The summed E-state index contributed by atoms with van der Waals surface area (Å²) in [6.45, 7) is 1.87. The minimum atomic E-state index is -0.491. The van der Waals surface area contributed by atoms with Crippen molar-refractivity contribution in [2.45, 2.75) is 19.3 Å². The zero-order valence-corrected chi connectivity index (χ0v) is 10.2. The fourth-order valence-corrected chi connectivity index (χ4v) is 2.25. The van der Waals surface area contributed by atoms with E-state index in [0.29, 0.717) is 5.02 Å². The summed E-state index contributed by atoms with van der Waals surface area (Å²) in [5.74, 6) is -0.299. The highest BCUT2D eigenvalue weighted by Gasteiger charge is 2.56. The van der Waals surface area contributed by atoms with Crippen molar-refractivity contribution < 1.29 is 4.79 Å². The van der Waals surface area contributed by atoms with Gasteiger partial charge in [-0.25, -0.2) is 0 Å². The summed E-state index contributed by atoms with van der Waals surface area (Å²) >= 11 is 5.92. The fraction of sp³-hybridized carbons (Fsp3) is 0.333. The number of halogens is 1. The van der Waals surface area contributed by atoms with Crippen molar-refractivity contribution in [3.8, 4) is 0 Å². The zero-order chi connectivity index (χ0) is 12.6. The Kier molecular flexibility index (Phi) is 2.83. The molecule has 90 valence electrons. The number of carbonyl (C=O) groups is 1. The van der Waals surface area contributed by atoms with Gasteiger partial charge in [0.15, 0.2) is 5.96 Å². The van der Waals surface area contributed by atoms with Crippen LogP contribution >= 0.6 is 11.6 Å². The molecule has 0 aliphatic heterocycles. The van der Waals surface area contributed by atoms with Gasteiger partial charge < -0.3 is 11.5 Å². The summed E-state index contributed by atoms with van der Waals surface area (Å²) in [5.41, 5.74) is 11.0. The van der Waals surface area contributed by atoms with Crippen LogP contribution in [-0.2, 0) is 4.79 Å². The standard InChI is InChI=1S/C12H14ClN3O/c1-12(10(17)16-11(14)15)6-9(12)7-3-2-4-8(13)5-7/h2-5,9H,6H2,1H3,(H4,14,15,16,17). The molecule has 2 unspecified atom stereocenters. The summed E-state index contributed by atoms with van der Waals surface area (Å²) < 4.78 is 0. The second-order valence-corrected chi connectivity index (χ2v) is 5.01. The molecule has 17 heavy (non-hydrogen) atoms. The van der Waals surface area contributed by atoms with Gasteiger partial charge in [0.2, 0.25) is 0 Å². The van der Waals surface area contributed by atoms with Gasteiger partial charge in [-0.05, 0) is 30.0 Å². The topological polar surface area (TPSA) is 81.5 Å². The molecular formula is C12H14ClN3O. The molecule has 0 saturated heterocycles. The van der Waals surface area contributed by atoms with Crippen molar-refractivity contribution >= 4 is 23.5 Å². The van der Waals surface area contributed by atoms with E-state index in [0.717, 1.165) is 12.0 Å². The zero-order valence-electron chi connectivity index (χ0n) is 9.48. The lowest BCUT2D eigenvalue weighted by molar-refractivity contribution is -0.122. The van der Waals surface area contributed by atoms with Crippen LogP contribution < -0.4 is 11.5 Å². The highest BCUT2D eigenvalue weighted by atomic mass is 35.5. The van der Waals surface area contributed by atoms with E-state index in [4.69, 9.17) is 23.1 Å². The van der Waals surface area contributed by atoms with E-state index >= 15 is 0 Å². The van der Waals surface area contributed by atoms with Gasteiger partial charge in [-0.15, -0.1) is 0 Å². The van der Waals surface area contributed by atoms with Crippen molar-refractivity contribution in [2.24, 2.45) is 21.9 Å². The third kappa shape index (κ3) is 2.26. The minimum Gasteiger partial charge on any atom is -0.370 e. The first kappa shape index (κ1) is 11.9. The Bertz CT molecular complexity index is 496. The van der Waals surface area contributed by atoms with Gasteiger partial charge in [0.1, 0.15) is 0 Å². The maximum Gasteiger partial charge on any atom is 0.255 e. The lowest BCUT2D eigenvalue weighted by Crippen LogP contribution is -2.26. The van der Waals surface area contributed by atoms with Gasteiger partial charge in [0.25, 0.3) is 5.91 Å². The van der Waals surface area contributed by atoms with Gasteiger partial charge in [-0.2, -0.15) is 4.99 Å². The number of hydrogen-bond acceptors (Lipinski definition) is 1. The monoisotopic (exact) mass is 251 g/mol. The Morgan fingerprint density at radius 3 is 2.82 bits per heavy atom. The molecule has 1 amide bonds. The lowest BCUT2D eigenvalue weighted by atomic mass is 10.0. The Labute approximate surface area is 105 Å². The number of guanidine groups is 1. The molecule has 1 aromatic rings. The SMILES string of the molecule is CC1(C(=O)N=C(N)N)CC1c1cccc(Cl)c1. The van der Waals surface area contributed by atoms with E-state index in [1.165, 1.54) is 0 Å². The molecule has 2 atom stereocenters. The Morgan fingerprint density at radius 1 is 1.53 bits per heavy atom. The smallest absolute Gasteiger partial charge is 0.255 e. The van der Waals surface area contributed by atoms with Gasteiger partial charge in [-0.1, -0.05) is 30.7 Å². The van der Waals surface area contributed by atoms with Crippen molar-refractivity contribution in [3.63, 3.8) is 0 Å². The largest absolute Gasteiger partial charge is 0.370 e. The summed E-state index contributed by atoms with van der Waals surface area (Å²) in [5, 5.41) is 0.672. The van der Waals surface area contributed by atoms with Crippen LogP contribution in [0.2, 0.25) is 5.02 Å². The van der Waals surface area contributed by atoms with Crippen LogP contribution in [0.5, 0.6) is 0 Å². The first-order chi connectivity index (χ1) is 7.93. The van der Waals surface area contributed by atoms with E-state index in [1.807, 2.05) is 31.2 Å². The van der Waals surface area contributed by atoms with Gasteiger partial charge in [0.05, 0.1) is 5.41 Å². The first-order valence-corrected chi connectivity index (χ1v) is 5.71. The molecule has 1 aliphatic carbocycles. The molecular weight excluding hydrogens is 238 g/mol. The van der Waals surface area contributed by atoms with Crippen LogP contribution in [-0.4, -0.2) is 11.9 Å². The molecule has 0 spiro atoms. The molecule has 4 N–H and O–H groups in total. The van der Waals surface area contributed by atoms with Crippen molar-refractivity contribution in [3.05, 3.63) is 34.9 Å². The first-order valence-electron chi connectivity index (χ1n) is 5.33. The number of nitrogens with two attached hydrogens (primary N) is 2. The second-order valence-electron chi connectivity index (χ2n) is 4.57. The van der Waals surface area contributed by atoms with Crippen LogP contribution in [0.1, 0.15) is 24.8 Å². The number of carbonyl (C=O) groups excluding carboxylic acids is 1. The van der Waals surface area contributed by atoms with Crippen molar-refractivity contribution in [2.75, 3.05) is 0 Å². The van der Waals surface area contributed by atoms with Gasteiger partial charge >= 0.3 is 0 Å². The predicted octanol–water partition coefficient (Wildman–Crippen LogP) is 1.63. The highest BCUT2D eigenvalue weighted by Crippen LogP contribution is 2.59. The molecule has 2 rings (SSSR count). The molecule has 0 bridgehead atoms. The number of aliphatic imine (C=N–C) groups is 1. The molecule has 0 aromatic heterocycles. The summed E-state index contributed by atoms with van der Waals surface area (Å²) in [7, 11) is 0. The maximum absolute atomic E-state index is 11.8. The number of hydrogen-bond donors (Lipinski definition) is 2. The minimum absolute atomic E-state index is 0.150. The van der Waals surface area contributed by atoms with E-state index in [-0.39, 0.29) is 17.8 Å². The molecule has 1 aromatic carbocycles. The molecule has 0 radical (unpaired) electrons. The Hall–Kier alpha value is -1.55. The van der Waals surface area contributed by atoms with Crippen molar-refractivity contribution in [1.29, 1.82) is 0 Å². The van der Waals surface area contributed by atoms with Crippen LogP contribution in [0, 0.1) is 5.41 Å². The molecule has 1 saturated carbocycles. The second kappa shape index (κ2) is 4.04. The Morgan fingerprint density at radius 2 is 2.24 bits per heavy atom. The number of amides is 1. The average molecular weight is 252 g/mol. The summed E-state index contributed by atoms with van der Waals surface area (Å²) in [4.78, 5) is 15.4. The van der Waals surface area contributed by atoms with Crippen molar-refractivity contribution in [1.82, 2.24) is 0 Å². The lowest BCUT2D eigenvalue weighted by Gasteiger charge is -2.07. The van der Waals surface area contributed by atoms with E-state index in [1.54, 1.807) is 0 Å². The third-order valence-corrected chi connectivity index (χ3v) is 3.44. The number of rotatable bonds is 2. The molecule has 1 aliphatic rings. The molecule has 4 nitrogen and oxygen atoms in total. The van der Waals surface area contributed by atoms with Gasteiger partial charge in [0, 0.05) is 5.02 Å².